The van der Waals surface area contributed by atoms with Crippen LogP contribution in [-0.2, 0) is 26.2 Å². The molecular formula is C10H20NNaO6S2. The Kier molecular flexibility index (Phi) is 8.00. The summed E-state index contributed by atoms with van der Waals surface area (Å²) in [5.41, 5.74) is -2.57. The van der Waals surface area contributed by atoms with Gasteiger partial charge in [-0.15, -0.1) is 4.72 Å². The van der Waals surface area contributed by atoms with Crippen molar-refractivity contribution in [2.24, 2.45) is 0 Å². The smallest absolute Gasteiger partial charge is 0.746 e. The second kappa shape index (κ2) is 7.58. The fourth-order valence-corrected chi connectivity index (χ4v) is 2.82. The summed E-state index contributed by atoms with van der Waals surface area (Å²) >= 11 is -1.33. The number of ether oxygens (including phenoxy) is 1. The van der Waals surface area contributed by atoms with E-state index in [-0.39, 0.29) is 55.6 Å². The molecule has 0 aromatic rings. The molecule has 0 bridgehead atoms. The standard InChI is InChI=1S/C10H21NO6S2.Na/c1-9(2,3)18(13)11-10(6-17-7-10)5-4-8(12)19(14,15)16;/h8,11-12H,4-7H2,1-3H3,(H,14,15,16);/q;+1/p-1. The number of aliphatic hydroxyl groups is 1. The molecule has 0 aromatic carbocycles. The summed E-state index contributed by atoms with van der Waals surface area (Å²) in [7, 11) is -4.71. The van der Waals surface area contributed by atoms with E-state index in [1.165, 1.54) is 0 Å². The zero-order chi connectivity index (χ0) is 14.9. The molecule has 1 fully saturated rings. The Hall–Kier alpha value is 1.10. The molecule has 2 unspecified atom stereocenters. The summed E-state index contributed by atoms with van der Waals surface area (Å²) in [5, 5.41) is 9.22. The van der Waals surface area contributed by atoms with E-state index in [4.69, 9.17) is 4.74 Å². The molecule has 1 aliphatic heterocycles. The Morgan fingerprint density at radius 1 is 1.45 bits per heavy atom. The van der Waals surface area contributed by atoms with Crippen LogP contribution in [0.1, 0.15) is 33.6 Å². The molecule has 0 spiro atoms. The average Bonchev–Trinajstić information content (AvgIpc) is 2.17. The third kappa shape index (κ3) is 6.07. The van der Waals surface area contributed by atoms with E-state index < -0.39 is 37.2 Å². The Balaban J connectivity index is 0.00000361. The number of nitrogens with one attached hydrogen (secondary N) is 1. The molecule has 10 heteroatoms. The number of hydrogen-bond acceptors (Lipinski definition) is 7. The molecule has 0 aliphatic carbocycles. The fourth-order valence-electron chi connectivity index (χ4n) is 1.50. The second-order valence-electron chi connectivity index (χ2n) is 5.74. The first kappa shape index (κ1) is 21.1. The Morgan fingerprint density at radius 3 is 2.25 bits per heavy atom. The van der Waals surface area contributed by atoms with Gasteiger partial charge in [0.15, 0.2) is 0 Å². The van der Waals surface area contributed by atoms with Crippen LogP contribution >= 0.6 is 0 Å². The van der Waals surface area contributed by atoms with E-state index in [9.17, 15) is 22.6 Å². The van der Waals surface area contributed by atoms with Crippen molar-refractivity contribution in [3.8, 4) is 0 Å². The summed E-state index contributed by atoms with van der Waals surface area (Å²) in [6, 6.07) is 0. The zero-order valence-electron chi connectivity index (χ0n) is 12.2. The molecule has 1 saturated heterocycles. The fraction of sp³-hybridized carbons (Fsp3) is 1.00. The summed E-state index contributed by atoms with van der Waals surface area (Å²) < 4.78 is 51.4. The van der Waals surface area contributed by atoms with Crippen LogP contribution in [-0.4, -0.2) is 51.6 Å². The van der Waals surface area contributed by atoms with Crippen LogP contribution in [0.25, 0.3) is 0 Å². The predicted octanol–water partition coefficient (Wildman–Crippen LogP) is -3.54. The topological polar surface area (TPSA) is 122 Å². The van der Waals surface area contributed by atoms with E-state index in [0.29, 0.717) is 0 Å². The van der Waals surface area contributed by atoms with Crippen molar-refractivity contribution < 1.29 is 56.9 Å². The van der Waals surface area contributed by atoms with E-state index >= 15 is 0 Å². The molecule has 7 nitrogen and oxygen atoms in total. The summed E-state index contributed by atoms with van der Waals surface area (Å²) in [6.07, 6.45) is 0.000985. The van der Waals surface area contributed by atoms with Gasteiger partial charge in [0.1, 0.15) is 25.8 Å². The van der Waals surface area contributed by atoms with Crippen LogP contribution in [0.2, 0.25) is 0 Å². The largest absolute Gasteiger partial charge is 1.00 e. The minimum atomic E-state index is -4.71. The quantitative estimate of drug-likeness (QED) is 0.292. The molecule has 0 radical (unpaired) electrons. The first-order valence-electron chi connectivity index (χ1n) is 5.87. The molecule has 2 atom stereocenters. The first-order chi connectivity index (χ1) is 8.46. The van der Waals surface area contributed by atoms with E-state index in [1.54, 1.807) is 20.8 Å². The molecule has 0 aromatic heterocycles. The van der Waals surface area contributed by atoms with Gasteiger partial charge in [-0.25, -0.2) is 8.42 Å². The summed E-state index contributed by atoms with van der Waals surface area (Å²) in [6.45, 7) is 5.97. The number of rotatable bonds is 6. The maximum Gasteiger partial charge on any atom is 1.00 e. The van der Waals surface area contributed by atoms with Gasteiger partial charge >= 0.3 is 29.6 Å². The van der Waals surface area contributed by atoms with Crippen LogP contribution < -0.4 is 34.3 Å². The van der Waals surface area contributed by atoms with Crippen molar-refractivity contribution in [2.75, 3.05) is 13.2 Å². The monoisotopic (exact) mass is 337 g/mol. The van der Waals surface area contributed by atoms with Crippen molar-refractivity contribution in [3.63, 3.8) is 0 Å². The van der Waals surface area contributed by atoms with E-state index in [1.807, 2.05) is 0 Å². The van der Waals surface area contributed by atoms with Gasteiger partial charge in [-0.2, -0.15) is 0 Å². The Morgan fingerprint density at radius 2 is 1.95 bits per heavy atom. The van der Waals surface area contributed by atoms with E-state index in [0.717, 1.165) is 0 Å². The van der Waals surface area contributed by atoms with Crippen molar-refractivity contribution in [2.45, 2.75) is 49.3 Å². The molecule has 1 aliphatic rings. The van der Waals surface area contributed by atoms with Crippen molar-refractivity contribution in [1.82, 2.24) is 4.72 Å². The van der Waals surface area contributed by atoms with Crippen LogP contribution in [0.4, 0.5) is 0 Å². The van der Waals surface area contributed by atoms with Gasteiger partial charge in [0.2, 0.25) is 0 Å². The van der Waals surface area contributed by atoms with Crippen molar-refractivity contribution in [3.05, 3.63) is 0 Å². The number of hydrogen-bond donors (Lipinski definition) is 2. The summed E-state index contributed by atoms with van der Waals surface area (Å²) in [4.78, 5) is 0. The third-order valence-corrected chi connectivity index (χ3v) is 5.46. The van der Waals surface area contributed by atoms with Gasteiger partial charge in [-0.1, -0.05) is 0 Å². The molecule has 20 heavy (non-hydrogen) atoms. The molecule has 1 heterocycles. The van der Waals surface area contributed by atoms with Gasteiger partial charge in [0.05, 0.1) is 13.2 Å². The van der Waals surface area contributed by atoms with Gasteiger partial charge in [-0.05, 0) is 33.6 Å². The SMILES string of the molecule is CC(C)(C)[S+]([O-])NC1(CCC(O)S(=O)(=O)[O-])COC1.[Na+]. The van der Waals surface area contributed by atoms with Crippen molar-refractivity contribution in [1.29, 1.82) is 0 Å². The number of aliphatic hydroxyl groups excluding tert-OH is 1. The first-order valence-corrected chi connectivity index (χ1v) is 8.49. The maximum absolute atomic E-state index is 12.0. The molecule has 114 valence electrons. The minimum Gasteiger partial charge on any atom is -0.746 e. The molecule has 0 amide bonds. The molecular weight excluding hydrogens is 317 g/mol. The minimum absolute atomic E-state index is 0. The third-order valence-electron chi connectivity index (χ3n) is 2.83. The van der Waals surface area contributed by atoms with Crippen molar-refractivity contribution >= 4 is 21.5 Å². The molecule has 2 N–H and O–H groups in total. The second-order valence-corrected chi connectivity index (χ2v) is 9.24. The van der Waals surface area contributed by atoms with Gasteiger partial charge < -0.3 is 18.9 Å². The average molecular weight is 337 g/mol. The van der Waals surface area contributed by atoms with Crippen LogP contribution in [0, 0.1) is 0 Å². The zero-order valence-corrected chi connectivity index (χ0v) is 15.8. The Labute approximate surface area is 145 Å². The Bertz CT molecular complexity index is 406. The maximum atomic E-state index is 12.0. The normalized spacial score (nSPS) is 21.5. The molecule has 1 rings (SSSR count). The van der Waals surface area contributed by atoms with Crippen LogP contribution in [0.3, 0.4) is 0 Å². The molecule has 0 saturated carbocycles. The van der Waals surface area contributed by atoms with Gasteiger partial charge in [-0.3, -0.25) is 0 Å². The van der Waals surface area contributed by atoms with Gasteiger partial charge in [0, 0.05) is 11.4 Å². The predicted molar refractivity (Wildman–Crippen MR) is 69.5 cm³/mol. The van der Waals surface area contributed by atoms with Crippen LogP contribution in [0.15, 0.2) is 0 Å². The van der Waals surface area contributed by atoms with Gasteiger partial charge in [0.25, 0.3) is 0 Å². The summed E-state index contributed by atoms with van der Waals surface area (Å²) in [5.74, 6) is 0. The van der Waals surface area contributed by atoms with Crippen LogP contribution in [0.5, 0.6) is 0 Å². The van der Waals surface area contributed by atoms with E-state index in [2.05, 4.69) is 4.72 Å².